The number of esters is 1. The second-order valence-corrected chi connectivity index (χ2v) is 7.42. The van der Waals surface area contributed by atoms with E-state index in [1.54, 1.807) is 24.3 Å². The minimum atomic E-state index is -0.916. The number of hydrogen-bond donors (Lipinski definition) is 2. The van der Waals surface area contributed by atoms with Crippen LogP contribution in [0.5, 0.6) is 0 Å². The van der Waals surface area contributed by atoms with E-state index in [1.807, 2.05) is 0 Å². The maximum absolute atomic E-state index is 13.0. The number of benzene rings is 2. The highest BCUT2D eigenvalue weighted by Crippen LogP contribution is 2.34. The first-order chi connectivity index (χ1) is 15.8. The molecular formula is C22H18N4O7. The Morgan fingerprint density at radius 2 is 1.73 bits per heavy atom. The fraction of sp³-hybridized carbons (Fsp3) is 0.182. The predicted octanol–water partition coefficient (Wildman–Crippen LogP) is 2.36. The summed E-state index contributed by atoms with van der Waals surface area (Å²) in [6, 6.07) is 11.9. The normalized spacial score (nSPS) is 18.9. The first-order valence-corrected chi connectivity index (χ1v) is 9.90. The highest BCUT2D eigenvalue weighted by atomic mass is 16.6. The van der Waals surface area contributed by atoms with Crippen LogP contribution in [0.3, 0.4) is 0 Å². The maximum atomic E-state index is 13.0. The van der Waals surface area contributed by atoms with E-state index in [4.69, 9.17) is 4.74 Å². The van der Waals surface area contributed by atoms with Gasteiger partial charge in [-0.05, 0) is 30.7 Å². The molecule has 0 bridgehead atoms. The predicted molar refractivity (Wildman–Crippen MR) is 116 cm³/mol. The van der Waals surface area contributed by atoms with Crippen LogP contribution in [0.1, 0.15) is 12.8 Å². The number of amides is 3. The van der Waals surface area contributed by atoms with Crippen LogP contribution >= 0.6 is 0 Å². The Labute approximate surface area is 187 Å². The van der Waals surface area contributed by atoms with Crippen molar-refractivity contribution < 1.29 is 28.8 Å². The Hall–Kier alpha value is -4.54. The number of hydrogen-bond acceptors (Lipinski definition) is 8. The molecule has 2 aromatic rings. The number of methoxy groups -OCH3 is 1. The molecule has 2 aliphatic rings. The van der Waals surface area contributed by atoms with E-state index in [-0.39, 0.29) is 35.5 Å². The molecule has 2 aliphatic heterocycles. The van der Waals surface area contributed by atoms with E-state index in [0.717, 1.165) is 12.0 Å². The zero-order chi connectivity index (χ0) is 23.7. The van der Waals surface area contributed by atoms with E-state index in [0.29, 0.717) is 11.4 Å². The first-order valence-electron chi connectivity index (χ1n) is 9.90. The summed E-state index contributed by atoms with van der Waals surface area (Å²) < 4.78 is 4.83. The van der Waals surface area contributed by atoms with Crippen molar-refractivity contribution in [2.75, 3.05) is 22.6 Å². The lowest BCUT2D eigenvalue weighted by molar-refractivity contribution is -0.384. The van der Waals surface area contributed by atoms with Gasteiger partial charge in [-0.1, -0.05) is 12.1 Å². The molecule has 1 atom stereocenters. The van der Waals surface area contributed by atoms with Gasteiger partial charge in [0.1, 0.15) is 5.70 Å². The van der Waals surface area contributed by atoms with Crippen molar-refractivity contribution in [3.63, 3.8) is 0 Å². The van der Waals surface area contributed by atoms with Gasteiger partial charge in [-0.15, -0.1) is 0 Å². The number of carbonyl (C=O) groups excluding carboxylic acids is 4. The lowest BCUT2D eigenvalue weighted by Crippen LogP contribution is -2.32. The molecule has 0 spiro atoms. The molecule has 1 fully saturated rings. The Morgan fingerprint density at radius 1 is 1.09 bits per heavy atom. The third kappa shape index (κ3) is 4.03. The lowest BCUT2D eigenvalue weighted by atomic mass is 9.95. The Morgan fingerprint density at radius 3 is 2.33 bits per heavy atom. The molecule has 4 rings (SSSR count). The summed E-state index contributed by atoms with van der Waals surface area (Å²) in [5.74, 6) is -3.38. The van der Waals surface area contributed by atoms with Gasteiger partial charge in [0.15, 0.2) is 0 Å². The fourth-order valence-electron chi connectivity index (χ4n) is 3.80. The smallest absolute Gasteiger partial charge is 0.336 e. The van der Waals surface area contributed by atoms with E-state index < -0.39 is 34.5 Å². The van der Waals surface area contributed by atoms with Gasteiger partial charge in [-0.3, -0.25) is 29.4 Å². The second kappa shape index (κ2) is 8.54. The topological polar surface area (TPSA) is 148 Å². The number of anilines is 3. The Kier molecular flexibility index (Phi) is 5.61. The number of nitrogens with one attached hydrogen (secondary N) is 2. The minimum Gasteiger partial charge on any atom is -0.466 e. The highest BCUT2D eigenvalue weighted by Gasteiger charge is 2.42. The van der Waals surface area contributed by atoms with Crippen molar-refractivity contribution in [3.05, 3.63) is 69.9 Å². The third-order valence-electron chi connectivity index (χ3n) is 5.40. The second-order valence-electron chi connectivity index (χ2n) is 7.42. The Bertz CT molecular complexity index is 1220. The minimum absolute atomic E-state index is 0.0606. The molecule has 0 saturated carbocycles. The number of nitro benzene ring substituents is 1. The van der Waals surface area contributed by atoms with Crippen molar-refractivity contribution in [1.29, 1.82) is 0 Å². The van der Waals surface area contributed by atoms with Crippen LogP contribution in [-0.2, 0) is 23.9 Å². The molecule has 11 nitrogen and oxygen atoms in total. The van der Waals surface area contributed by atoms with Crippen molar-refractivity contribution >= 4 is 46.4 Å². The molecule has 2 N–H and O–H groups in total. The van der Waals surface area contributed by atoms with E-state index in [2.05, 4.69) is 10.6 Å². The molecule has 3 amide bonds. The summed E-state index contributed by atoms with van der Waals surface area (Å²) in [5, 5.41) is 16.4. The number of imide groups is 1. The van der Waals surface area contributed by atoms with Crippen LogP contribution in [0.25, 0.3) is 0 Å². The van der Waals surface area contributed by atoms with Gasteiger partial charge in [-0.25, -0.2) is 4.79 Å². The van der Waals surface area contributed by atoms with Crippen molar-refractivity contribution in [2.24, 2.45) is 5.92 Å². The van der Waals surface area contributed by atoms with Crippen LogP contribution in [0, 0.1) is 16.0 Å². The molecule has 11 heteroatoms. The number of nitro groups is 1. The van der Waals surface area contributed by atoms with Crippen LogP contribution in [-0.4, -0.2) is 35.7 Å². The van der Waals surface area contributed by atoms with Crippen molar-refractivity contribution in [3.8, 4) is 0 Å². The third-order valence-corrected chi connectivity index (χ3v) is 5.40. The Balaban J connectivity index is 1.63. The number of para-hydroxylation sites is 2. The number of ether oxygens (including phenoxy) is 1. The molecule has 0 aromatic heterocycles. The summed E-state index contributed by atoms with van der Waals surface area (Å²) >= 11 is 0. The molecule has 1 unspecified atom stereocenters. The zero-order valence-electron chi connectivity index (χ0n) is 17.4. The van der Waals surface area contributed by atoms with Gasteiger partial charge in [0.25, 0.3) is 11.6 Å². The molecule has 33 heavy (non-hydrogen) atoms. The fourth-order valence-corrected chi connectivity index (χ4v) is 3.80. The summed E-state index contributed by atoms with van der Waals surface area (Å²) in [5.41, 5.74) is 0.979. The average molecular weight is 450 g/mol. The van der Waals surface area contributed by atoms with Crippen LogP contribution in [0.2, 0.25) is 0 Å². The van der Waals surface area contributed by atoms with E-state index in [9.17, 15) is 29.3 Å². The maximum Gasteiger partial charge on any atom is 0.336 e. The molecular weight excluding hydrogens is 432 g/mol. The lowest BCUT2D eigenvalue weighted by Gasteiger charge is -2.23. The number of nitrogens with zero attached hydrogens (tertiary/aromatic N) is 2. The molecule has 168 valence electrons. The SMILES string of the molecule is COC(=O)/C(CC1CC(=O)N(c2ccc([N+](=O)[O-])cc2)C1=O)=C1/Nc2ccccc2NC1=O. The van der Waals surface area contributed by atoms with Crippen molar-refractivity contribution in [1.82, 2.24) is 0 Å². The number of carbonyl (C=O) groups is 4. The summed E-state index contributed by atoms with van der Waals surface area (Å²) in [7, 11) is 1.16. The van der Waals surface area contributed by atoms with Gasteiger partial charge in [-0.2, -0.15) is 0 Å². The highest BCUT2D eigenvalue weighted by molar-refractivity contribution is 6.21. The largest absolute Gasteiger partial charge is 0.466 e. The van der Waals surface area contributed by atoms with Gasteiger partial charge in [0.05, 0.1) is 40.6 Å². The van der Waals surface area contributed by atoms with Crippen LogP contribution < -0.4 is 15.5 Å². The van der Waals surface area contributed by atoms with E-state index >= 15 is 0 Å². The van der Waals surface area contributed by atoms with Crippen LogP contribution in [0.15, 0.2) is 59.8 Å². The summed E-state index contributed by atoms with van der Waals surface area (Å²) in [6.45, 7) is 0. The van der Waals surface area contributed by atoms with Crippen LogP contribution in [0.4, 0.5) is 22.7 Å². The molecule has 2 heterocycles. The summed E-state index contributed by atoms with van der Waals surface area (Å²) in [4.78, 5) is 62.0. The number of rotatable bonds is 5. The molecule has 0 radical (unpaired) electrons. The molecule has 1 saturated heterocycles. The molecule has 0 aliphatic carbocycles. The monoisotopic (exact) mass is 450 g/mol. The van der Waals surface area contributed by atoms with E-state index in [1.165, 1.54) is 24.3 Å². The number of non-ortho nitro benzene ring substituents is 1. The van der Waals surface area contributed by atoms with Crippen molar-refractivity contribution in [2.45, 2.75) is 12.8 Å². The summed E-state index contributed by atoms with van der Waals surface area (Å²) in [6.07, 6.45) is -0.402. The number of fused-ring (bicyclic) bond motifs is 1. The first kappa shape index (κ1) is 21.7. The standard InChI is InChI=1S/C22H18N4O7/c1-33-22(30)15(19-20(28)24-17-5-3-2-4-16(17)23-19)10-12-11-18(27)25(21(12)29)13-6-8-14(9-7-13)26(31)32/h2-9,12,23H,10-11H2,1H3,(H,24,28)/b19-15+. The average Bonchev–Trinajstić information content (AvgIpc) is 3.09. The van der Waals surface area contributed by atoms with Gasteiger partial charge in [0, 0.05) is 18.6 Å². The molecule has 2 aromatic carbocycles. The van der Waals surface area contributed by atoms with Gasteiger partial charge < -0.3 is 15.4 Å². The van der Waals surface area contributed by atoms with Gasteiger partial charge >= 0.3 is 5.97 Å². The quantitative estimate of drug-likeness (QED) is 0.232. The van der Waals surface area contributed by atoms with Gasteiger partial charge in [0.2, 0.25) is 11.8 Å². The zero-order valence-corrected chi connectivity index (χ0v) is 17.4.